The molecule has 2 aliphatic heterocycles. The van der Waals surface area contributed by atoms with Crippen molar-refractivity contribution in [2.45, 2.75) is 30.8 Å². The van der Waals surface area contributed by atoms with Gasteiger partial charge in [-0.15, -0.1) is 0 Å². The number of aliphatic hydroxyl groups is 3. The molecule has 0 saturated carbocycles. The Morgan fingerprint density at radius 3 is 2.64 bits per heavy atom. The Bertz CT molecular complexity index is 626. The molecule has 0 bridgehead atoms. The van der Waals surface area contributed by atoms with Crippen molar-refractivity contribution >= 4 is 11.9 Å². The molecule has 22 heavy (non-hydrogen) atoms. The molecule has 1 aromatic heterocycles. The molecule has 1 fully saturated rings. The lowest BCUT2D eigenvalue weighted by molar-refractivity contribution is -0.0241. The van der Waals surface area contributed by atoms with Crippen LogP contribution in [0.1, 0.15) is 38.2 Å². The molecular formula is C13H16N2O7. The maximum atomic E-state index is 11.9. The van der Waals surface area contributed by atoms with E-state index >= 15 is 0 Å². The largest absolute Gasteiger partial charge is 0.477 e. The molecule has 120 valence electrons. The average Bonchev–Trinajstić information content (AvgIpc) is 3.00. The normalized spacial score (nSPS) is 31.0. The highest BCUT2D eigenvalue weighted by atomic mass is 16.6. The van der Waals surface area contributed by atoms with Gasteiger partial charge in [0.1, 0.15) is 30.1 Å². The SMILES string of the molecule is O=C(O)c1[nH]c([C@@H]2O[C@H](CO)[C@@H](O)[C@H]2O)c2c1C(=O)NCC2. The Balaban J connectivity index is 2.07. The van der Waals surface area contributed by atoms with Crippen molar-refractivity contribution in [3.8, 4) is 0 Å². The van der Waals surface area contributed by atoms with Crippen LogP contribution in [-0.2, 0) is 11.2 Å². The van der Waals surface area contributed by atoms with E-state index in [1.54, 1.807) is 0 Å². The highest BCUT2D eigenvalue weighted by Gasteiger charge is 2.46. The molecule has 0 radical (unpaired) electrons. The van der Waals surface area contributed by atoms with Crippen molar-refractivity contribution in [3.63, 3.8) is 0 Å². The summed E-state index contributed by atoms with van der Waals surface area (Å²) in [7, 11) is 0. The number of rotatable bonds is 3. The number of carboxylic acids is 1. The zero-order chi connectivity index (χ0) is 16.0. The van der Waals surface area contributed by atoms with Crippen LogP contribution in [0.4, 0.5) is 0 Å². The number of carboxylic acid groups (broad SMARTS) is 1. The standard InChI is InChI=1S/C13H16N2O7/c16-3-5-9(17)10(18)11(22-5)7-4-1-2-14-12(19)6(4)8(15-7)13(20)21/h5,9-11,15-18H,1-3H2,(H,14,19)(H,20,21)/t5-,9-,10-,11+/m1/s1. The van der Waals surface area contributed by atoms with Gasteiger partial charge in [0.25, 0.3) is 5.91 Å². The monoisotopic (exact) mass is 312 g/mol. The first-order chi connectivity index (χ1) is 10.5. The fraction of sp³-hybridized carbons (Fsp3) is 0.538. The van der Waals surface area contributed by atoms with Crippen LogP contribution in [-0.4, -0.2) is 68.8 Å². The predicted octanol–water partition coefficient (Wildman–Crippen LogP) is -1.85. The van der Waals surface area contributed by atoms with Crippen LogP contribution in [0.3, 0.4) is 0 Å². The van der Waals surface area contributed by atoms with Crippen LogP contribution in [0.25, 0.3) is 0 Å². The van der Waals surface area contributed by atoms with E-state index in [0.29, 0.717) is 18.5 Å². The summed E-state index contributed by atoms with van der Waals surface area (Å²) in [5.41, 5.74) is 0.451. The molecule has 0 spiro atoms. The molecule has 9 heteroatoms. The summed E-state index contributed by atoms with van der Waals surface area (Å²) in [6.07, 6.45) is -4.23. The lowest BCUT2D eigenvalue weighted by Gasteiger charge is -2.18. The highest BCUT2D eigenvalue weighted by molar-refractivity contribution is 6.06. The molecule has 0 aromatic carbocycles. The minimum atomic E-state index is -1.33. The first-order valence-corrected chi connectivity index (χ1v) is 6.84. The Hall–Kier alpha value is -1.94. The van der Waals surface area contributed by atoms with Crippen LogP contribution in [0.5, 0.6) is 0 Å². The van der Waals surface area contributed by atoms with E-state index in [0.717, 1.165) is 0 Å². The van der Waals surface area contributed by atoms with Gasteiger partial charge < -0.3 is 35.5 Å². The molecule has 0 aliphatic carbocycles. The third kappa shape index (κ3) is 2.10. The summed E-state index contributed by atoms with van der Waals surface area (Å²) >= 11 is 0. The minimum Gasteiger partial charge on any atom is -0.477 e. The molecule has 1 amide bonds. The molecular weight excluding hydrogens is 296 g/mol. The van der Waals surface area contributed by atoms with Gasteiger partial charge >= 0.3 is 5.97 Å². The smallest absolute Gasteiger partial charge is 0.353 e. The lowest BCUT2D eigenvalue weighted by atomic mass is 9.96. The molecule has 2 aliphatic rings. The molecule has 1 aromatic rings. The number of ether oxygens (including phenoxy) is 1. The van der Waals surface area contributed by atoms with E-state index in [4.69, 9.17) is 9.84 Å². The van der Waals surface area contributed by atoms with E-state index in [1.807, 2.05) is 0 Å². The predicted molar refractivity (Wildman–Crippen MR) is 70.5 cm³/mol. The number of aliphatic hydroxyl groups excluding tert-OH is 3. The third-order valence-corrected chi connectivity index (χ3v) is 4.06. The first-order valence-electron chi connectivity index (χ1n) is 6.84. The molecule has 1 saturated heterocycles. The summed E-state index contributed by atoms with van der Waals surface area (Å²) in [4.78, 5) is 25.8. The van der Waals surface area contributed by atoms with Gasteiger partial charge in [-0.25, -0.2) is 4.79 Å². The fourth-order valence-electron chi connectivity index (χ4n) is 3.00. The van der Waals surface area contributed by atoms with Gasteiger partial charge in [-0.2, -0.15) is 0 Å². The van der Waals surface area contributed by atoms with Crippen molar-refractivity contribution in [2.75, 3.05) is 13.2 Å². The highest BCUT2D eigenvalue weighted by Crippen LogP contribution is 2.37. The van der Waals surface area contributed by atoms with Gasteiger partial charge in [-0.05, 0) is 12.0 Å². The van der Waals surface area contributed by atoms with Gasteiger partial charge in [0.15, 0.2) is 0 Å². The maximum Gasteiger partial charge on any atom is 0.353 e. The second kappa shape index (κ2) is 5.36. The van der Waals surface area contributed by atoms with Crippen molar-refractivity contribution < 1.29 is 34.8 Å². The second-order valence-corrected chi connectivity index (χ2v) is 5.34. The van der Waals surface area contributed by atoms with Gasteiger partial charge in [0, 0.05) is 6.54 Å². The molecule has 9 nitrogen and oxygen atoms in total. The van der Waals surface area contributed by atoms with E-state index < -0.39 is 42.9 Å². The zero-order valence-corrected chi connectivity index (χ0v) is 11.4. The summed E-state index contributed by atoms with van der Waals surface area (Å²) in [6.45, 7) is -0.144. The number of H-pyrrole nitrogens is 1. The van der Waals surface area contributed by atoms with E-state index in [1.165, 1.54) is 0 Å². The number of carbonyl (C=O) groups excluding carboxylic acids is 1. The minimum absolute atomic E-state index is 0.0199. The molecule has 4 atom stereocenters. The Labute approximate surface area is 124 Å². The van der Waals surface area contributed by atoms with Crippen molar-refractivity contribution in [1.82, 2.24) is 10.3 Å². The Morgan fingerprint density at radius 2 is 2.05 bits per heavy atom. The fourth-order valence-corrected chi connectivity index (χ4v) is 3.00. The summed E-state index contributed by atoms with van der Waals surface area (Å²) in [5.74, 6) is -1.81. The molecule has 3 heterocycles. The van der Waals surface area contributed by atoms with Crippen LogP contribution < -0.4 is 5.32 Å². The van der Waals surface area contributed by atoms with Gasteiger partial charge in [-0.3, -0.25) is 4.79 Å². The quantitative estimate of drug-likeness (QED) is 0.383. The number of aromatic amines is 1. The van der Waals surface area contributed by atoms with Crippen molar-refractivity contribution in [3.05, 3.63) is 22.5 Å². The number of fused-ring (bicyclic) bond motifs is 1. The summed E-state index contributed by atoms with van der Waals surface area (Å²) in [6, 6.07) is 0. The molecule has 3 rings (SSSR count). The number of carbonyl (C=O) groups is 2. The Morgan fingerprint density at radius 1 is 1.32 bits per heavy atom. The Kier molecular flexibility index (Phi) is 3.65. The van der Waals surface area contributed by atoms with Gasteiger partial charge in [0.2, 0.25) is 0 Å². The molecule has 0 unspecified atom stereocenters. The average molecular weight is 312 g/mol. The molecule has 6 N–H and O–H groups in total. The van der Waals surface area contributed by atoms with E-state index in [-0.39, 0.29) is 17.0 Å². The second-order valence-electron chi connectivity index (χ2n) is 5.34. The van der Waals surface area contributed by atoms with E-state index in [9.17, 15) is 24.9 Å². The lowest BCUT2D eigenvalue weighted by Crippen LogP contribution is -2.33. The summed E-state index contributed by atoms with van der Waals surface area (Å²) < 4.78 is 5.41. The number of aromatic carboxylic acids is 1. The summed E-state index contributed by atoms with van der Waals surface area (Å²) in [5, 5.41) is 40.8. The van der Waals surface area contributed by atoms with Crippen LogP contribution >= 0.6 is 0 Å². The van der Waals surface area contributed by atoms with Crippen LogP contribution in [0, 0.1) is 0 Å². The number of nitrogens with one attached hydrogen (secondary N) is 2. The van der Waals surface area contributed by atoms with Crippen LogP contribution in [0.2, 0.25) is 0 Å². The third-order valence-electron chi connectivity index (χ3n) is 4.06. The first kappa shape index (κ1) is 15.0. The topological polar surface area (TPSA) is 152 Å². The number of hydrogen-bond acceptors (Lipinski definition) is 6. The van der Waals surface area contributed by atoms with Gasteiger partial charge in [-0.1, -0.05) is 0 Å². The van der Waals surface area contributed by atoms with Gasteiger partial charge in [0.05, 0.1) is 17.9 Å². The van der Waals surface area contributed by atoms with Crippen molar-refractivity contribution in [2.24, 2.45) is 0 Å². The number of hydrogen-bond donors (Lipinski definition) is 6. The number of amides is 1. The van der Waals surface area contributed by atoms with Crippen LogP contribution in [0.15, 0.2) is 0 Å². The number of aromatic nitrogens is 1. The zero-order valence-electron chi connectivity index (χ0n) is 11.4. The van der Waals surface area contributed by atoms with E-state index in [2.05, 4.69) is 10.3 Å². The maximum absolute atomic E-state index is 11.9. The van der Waals surface area contributed by atoms with Crippen molar-refractivity contribution in [1.29, 1.82) is 0 Å².